The molecule has 1 rings (SSSR count). The van der Waals surface area contributed by atoms with Gasteiger partial charge in [0.15, 0.2) is 0 Å². The number of benzene rings is 1. The van der Waals surface area contributed by atoms with Crippen LogP contribution in [0.15, 0.2) is 24.3 Å². The minimum Gasteiger partial charge on any atom is -0.380 e. The normalized spacial score (nSPS) is 11.5. The molecule has 3 N–H and O–H groups in total. The lowest BCUT2D eigenvalue weighted by atomic mass is 10.1. The van der Waals surface area contributed by atoms with Gasteiger partial charge in [0, 0.05) is 20.2 Å². The number of aryl methyl sites for hydroxylation is 1. The zero-order valence-corrected chi connectivity index (χ0v) is 11.6. The Labute approximate surface area is 114 Å². The van der Waals surface area contributed by atoms with Crippen LogP contribution < -0.4 is 11.1 Å². The molecule has 0 radical (unpaired) electrons. The lowest BCUT2D eigenvalue weighted by molar-refractivity contribution is -0.123. The van der Waals surface area contributed by atoms with E-state index in [1.807, 2.05) is 25.1 Å². The summed E-state index contributed by atoms with van der Waals surface area (Å²) in [5, 5.41) is 2.85. The Kier molecular flexibility index (Phi) is 8.37. The summed E-state index contributed by atoms with van der Waals surface area (Å²) in [7, 11) is 1.56. The molecule has 0 spiro atoms. The van der Waals surface area contributed by atoms with E-state index in [9.17, 15) is 4.79 Å². The highest BCUT2D eigenvalue weighted by Gasteiger charge is 2.10. The number of methoxy groups -OCH3 is 1. The number of amides is 1. The summed E-state index contributed by atoms with van der Waals surface area (Å²) in [5.74, 6) is -0.0381. The molecular formula is C13H21ClN2O2. The smallest absolute Gasteiger partial charge is 0.222 e. The van der Waals surface area contributed by atoms with Gasteiger partial charge in [-0.2, -0.15) is 0 Å². The van der Waals surface area contributed by atoms with Crippen LogP contribution in [0.1, 0.15) is 17.5 Å². The third-order valence-electron chi connectivity index (χ3n) is 2.58. The van der Waals surface area contributed by atoms with E-state index in [2.05, 4.69) is 11.4 Å². The van der Waals surface area contributed by atoms with E-state index >= 15 is 0 Å². The number of carbonyl (C=O) groups is 1. The number of nitrogens with two attached hydrogens (primary N) is 1. The second-order valence-corrected chi connectivity index (χ2v) is 4.06. The molecule has 1 unspecified atom stereocenters. The molecule has 4 nitrogen and oxygen atoms in total. The largest absolute Gasteiger partial charge is 0.380 e. The van der Waals surface area contributed by atoms with Gasteiger partial charge in [0.25, 0.3) is 0 Å². The van der Waals surface area contributed by atoms with Crippen LogP contribution in [0.2, 0.25) is 0 Å². The van der Waals surface area contributed by atoms with Crippen molar-refractivity contribution in [3.8, 4) is 0 Å². The molecule has 0 bridgehead atoms. The minimum atomic E-state index is -0.201. The highest BCUT2D eigenvalue weighted by molar-refractivity contribution is 5.85. The Balaban J connectivity index is 0.00000289. The van der Waals surface area contributed by atoms with Crippen molar-refractivity contribution in [2.24, 2.45) is 5.73 Å². The Morgan fingerprint density at radius 3 is 2.78 bits per heavy atom. The maximum absolute atomic E-state index is 11.6. The van der Waals surface area contributed by atoms with Crippen LogP contribution in [0, 0.1) is 6.92 Å². The minimum absolute atomic E-state index is 0. The molecule has 0 saturated heterocycles. The van der Waals surface area contributed by atoms with Gasteiger partial charge in [-0.1, -0.05) is 29.8 Å². The average Bonchev–Trinajstić information content (AvgIpc) is 2.33. The van der Waals surface area contributed by atoms with Crippen molar-refractivity contribution < 1.29 is 9.53 Å². The average molecular weight is 273 g/mol. The predicted molar refractivity (Wildman–Crippen MR) is 74.7 cm³/mol. The Morgan fingerprint density at radius 2 is 2.22 bits per heavy atom. The van der Waals surface area contributed by atoms with Gasteiger partial charge in [-0.3, -0.25) is 4.79 Å². The molecule has 0 aliphatic carbocycles. The maximum atomic E-state index is 11.6. The summed E-state index contributed by atoms with van der Waals surface area (Å²) in [6.45, 7) is 2.93. The highest BCUT2D eigenvalue weighted by atomic mass is 35.5. The fraction of sp³-hybridized carbons (Fsp3) is 0.462. The van der Waals surface area contributed by atoms with E-state index in [1.54, 1.807) is 7.11 Å². The van der Waals surface area contributed by atoms with E-state index in [-0.39, 0.29) is 24.4 Å². The third kappa shape index (κ3) is 6.00. The van der Waals surface area contributed by atoms with Gasteiger partial charge < -0.3 is 15.8 Å². The molecule has 1 aromatic carbocycles. The second kappa shape index (κ2) is 8.91. The summed E-state index contributed by atoms with van der Waals surface area (Å²) in [5.41, 5.74) is 7.74. The molecule has 1 amide bonds. The Morgan fingerprint density at radius 1 is 1.50 bits per heavy atom. The third-order valence-corrected chi connectivity index (χ3v) is 2.58. The van der Waals surface area contributed by atoms with Crippen molar-refractivity contribution in [3.05, 3.63) is 35.4 Å². The first-order valence-corrected chi connectivity index (χ1v) is 5.70. The number of halogens is 1. The molecular weight excluding hydrogens is 252 g/mol. The lowest BCUT2D eigenvalue weighted by Gasteiger charge is -2.12. The van der Waals surface area contributed by atoms with Gasteiger partial charge in [0.05, 0.1) is 12.5 Å². The maximum Gasteiger partial charge on any atom is 0.222 e. The fourth-order valence-corrected chi connectivity index (χ4v) is 1.56. The van der Waals surface area contributed by atoms with Crippen LogP contribution in [0.4, 0.5) is 0 Å². The lowest BCUT2D eigenvalue weighted by Crippen LogP contribution is -2.31. The van der Waals surface area contributed by atoms with E-state index in [1.165, 1.54) is 5.56 Å². The van der Waals surface area contributed by atoms with Crippen molar-refractivity contribution in [1.82, 2.24) is 5.32 Å². The number of hydrogen-bond acceptors (Lipinski definition) is 3. The van der Waals surface area contributed by atoms with E-state index in [0.29, 0.717) is 19.5 Å². The Hall–Kier alpha value is -1.10. The number of nitrogens with one attached hydrogen (secondary N) is 1. The van der Waals surface area contributed by atoms with Crippen molar-refractivity contribution >= 4 is 18.3 Å². The van der Waals surface area contributed by atoms with Crippen molar-refractivity contribution in [1.29, 1.82) is 0 Å². The SMILES string of the molecule is COC(CN)CC(=O)NCc1cccc(C)c1.Cl. The van der Waals surface area contributed by atoms with Crippen molar-refractivity contribution in [3.63, 3.8) is 0 Å². The number of rotatable bonds is 6. The molecule has 0 fully saturated rings. The summed E-state index contributed by atoms with van der Waals surface area (Å²) in [6, 6.07) is 8.05. The molecule has 102 valence electrons. The van der Waals surface area contributed by atoms with E-state index < -0.39 is 0 Å². The van der Waals surface area contributed by atoms with Gasteiger partial charge in [0.2, 0.25) is 5.91 Å². The summed E-state index contributed by atoms with van der Waals surface area (Å²) >= 11 is 0. The quantitative estimate of drug-likeness (QED) is 0.823. The van der Waals surface area contributed by atoms with Gasteiger partial charge in [-0.25, -0.2) is 0 Å². The molecule has 0 aliphatic heterocycles. The van der Waals surface area contributed by atoms with Crippen LogP contribution in [-0.2, 0) is 16.1 Å². The number of ether oxygens (including phenoxy) is 1. The second-order valence-electron chi connectivity index (χ2n) is 4.06. The molecule has 18 heavy (non-hydrogen) atoms. The molecule has 0 aliphatic rings. The number of hydrogen-bond donors (Lipinski definition) is 2. The van der Waals surface area contributed by atoms with Crippen LogP contribution in [0.3, 0.4) is 0 Å². The first kappa shape index (κ1) is 16.9. The molecule has 0 saturated carbocycles. The van der Waals surface area contributed by atoms with E-state index in [0.717, 1.165) is 5.56 Å². The van der Waals surface area contributed by atoms with Crippen molar-refractivity contribution in [2.75, 3.05) is 13.7 Å². The topological polar surface area (TPSA) is 64.3 Å². The first-order chi connectivity index (χ1) is 8.15. The van der Waals surface area contributed by atoms with Crippen LogP contribution in [0.5, 0.6) is 0 Å². The van der Waals surface area contributed by atoms with Gasteiger partial charge >= 0.3 is 0 Å². The standard InChI is InChI=1S/C13H20N2O2.ClH/c1-10-4-3-5-11(6-10)9-15-13(16)7-12(8-14)17-2;/h3-6,12H,7-9,14H2,1-2H3,(H,15,16);1H. The molecule has 0 heterocycles. The predicted octanol–water partition coefficient (Wildman–Crippen LogP) is 1.40. The monoisotopic (exact) mass is 272 g/mol. The first-order valence-electron chi connectivity index (χ1n) is 5.70. The van der Waals surface area contributed by atoms with Crippen LogP contribution >= 0.6 is 12.4 Å². The fourth-order valence-electron chi connectivity index (χ4n) is 1.56. The summed E-state index contributed by atoms with van der Waals surface area (Å²) in [6.07, 6.45) is 0.103. The van der Waals surface area contributed by atoms with Crippen molar-refractivity contribution in [2.45, 2.75) is 26.0 Å². The van der Waals surface area contributed by atoms with Crippen LogP contribution in [-0.4, -0.2) is 25.7 Å². The summed E-state index contributed by atoms with van der Waals surface area (Å²) < 4.78 is 5.06. The molecule has 0 aromatic heterocycles. The molecule has 1 atom stereocenters. The zero-order valence-electron chi connectivity index (χ0n) is 10.8. The van der Waals surface area contributed by atoms with E-state index in [4.69, 9.17) is 10.5 Å². The van der Waals surface area contributed by atoms with Gasteiger partial charge in [-0.15, -0.1) is 12.4 Å². The molecule has 5 heteroatoms. The zero-order chi connectivity index (χ0) is 12.7. The highest BCUT2D eigenvalue weighted by Crippen LogP contribution is 2.03. The summed E-state index contributed by atoms with van der Waals surface area (Å²) in [4.78, 5) is 11.6. The number of carbonyl (C=O) groups excluding carboxylic acids is 1. The van der Waals surface area contributed by atoms with Gasteiger partial charge in [-0.05, 0) is 12.5 Å². The van der Waals surface area contributed by atoms with Gasteiger partial charge in [0.1, 0.15) is 0 Å². The van der Waals surface area contributed by atoms with Crippen LogP contribution in [0.25, 0.3) is 0 Å². The molecule has 1 aromatic rings. The Bertz CT molecular complexity index is 368.